The summed E-state index contributed by atoms with van der Waals surface area (Å²) < 4.78 is 32.6. The van der Waals surface area contributed by atoms with E-state index in [-0.39, 0.29) is 19.3 Å². The molecule has 2 atom stereocenters. The Morgan fingerprint density at radius 2 is 1.48 bits per heavy atom. The molecule has 0 aliphatic carbocycles. The molecular weight excluding hydrogens is 376 g/mol. The molecule has 0 saturated heterocycles. The number of unbranched alkanes of at least 4 members (excludes halogenated alkanes) is 9. The molecule has 162 valence electrons. The van der Waals surface area contributed by atoms with Crippen LogP contribution >= 0.6 is 0 Å². The van der Waals surface area contributed by atoms with Crippen LogP contribution in [0.5, 0.6) is 0 Å². The summed E-state index contributed by atoms with van der Waals surface area (Å²) in [5.74, 6) is -0.700. The first kappa shape index (κ1) is 26.3. The topological polar surface area (TPSA) is 141 Å². The van der Waals surface area contributed by atoms with E-state index in [4.69, 9.17) is 5.26 Å². The lowest BCUT2D eigenvalue weighted by Gasteiger charge is -2.30. The van der Waals surface area contributed by atoms with Gasteiger partial charge in [0.1, 0.15) is 0 Å². The molecule has 0 aromatic carbocycles. The zero-order valence-corrected chi connectivity index (χ0v) is 17.1. The highest BCUT2D eigenvalue weighted by Crippen LogP contribution is 2.28. The Hall–Kier alpha value is -0.740. The van der Waals surface area contributed by atoms with Crippen LogP contribution in [-0.4, -0.2) is 45.4 Å². The van der Waals surface area contributed by atoms with Crippen molar-refractivity contribution in [1.82, 2.24) is 0 Å². The van der Waals surface area contributed by atoms with Crippen LogP contribution in [0.25, 0.3) is 0 Å². The Balaban J connectivity index is 4.25. The van der Waals surface area contributed by atoms with E-state index in [1.165, 1.54) is 0 Å². The van der Waals surface area contributed by atoms with Gasteiger partial charge in [0, 0.05) is 6.42 Å². The molecule has 8 nitrogen and oxygen atoms in total. The van der Waals surface area contributed by atoms with Crippen molar-refractivity contribution in [3.05, 3.63) is 0 Å². The van der Waals surface area contributed by atoms with Crippen LogP contribution in [0.2, 0.25) is 0 Å². The summed E-state index contributed by atoms with van der Waals surface area (Å²) in [5, 5.41) is 28.7. The summed E-state index contributed by atoms with van der Waals surface area (Å²) in [7, 11) is -4.81. The highest BCUT2D eigenvalue weighted by atomic mass is 32.2. The minimum atomic E-state index is -4.81. The smallest absolute Gasteiger partial charge is 0.342 e. The molecule has 27 heavy (non-hydrogen) atoms. The van der Waals surface area contributed by atoms with Gasteiger partial charge in [0.05, 0.1) is 6.10 Å². The lowest BCUT2D eigenvalue weighted by Crippen LogP contribution is -2.49. The molecule has 0 fully saturated rings. The van der Waals surface area contributed by atoms with Gasteiger partial charge in [0.2, 0.25) is 4.93 Å². The molecule has 0 bridgehead atoms. The van der Waals surface area contributed by atoms with Crippen LogP contribution < -0.4 is 0 Å². The fraction of sp³-hybridized carbons (Fsp3) is 0.944. The van der Waals surface area contributed by atoms with Crippen molar-refractivity contribution < 1.29 is 38.1 Å². The fourth-order valence-corrected chi connectivity index (χ4v) is 3.90. The molecule has 0 rings (SSSR count). The first-order valence-electron chi connectivity index (χ1n) is 9.90. The first-order valence-corrected chi connectivity index (χ1v) is 11.3. The van der Waals surface area contributed by atoms with Gasteiger partial charge in [0.15, 0.2) is 0 Å². The maximum Gasteiger partial charge on any atom is 0.342 e. The molecular formula is C18H36O8S. The molecule has 2 unspecified atom stereocenters. The Bertz CT molecular complexity index is 494. The minimum Gasteiger partial charge on any atom is -0.389 e. The van der Waals surface area contributed by atoms with Crippen molar-refractivity contribution in [3.63, 3.8) is 0 Å². The third kappa shape index (κ3) is 11.0. The van der Waals surface area contributed by atoms with E-state index in [1.54, 1.807) is 0 Å². The fourth-order valence-electron chi connectivity index (χ4n) is 3.03. The maximum atomic E-state index is 11.6. The number of carbonyl (C=O) groups excluding carboxylic acids is 1. The number of carbonyl (C=O) groups is 1. The van der Waals surface area contributed by atoms with Crippen molar-refractivity contribution in [2.75, 3.05) is 0 Å². The molecule has 9 heteroatoms. The predicted molar refractivity (Wildman–Crippen MR) is 102 cm³/mol. The molecule has 4 N–H and O–H groups in total. The number of rotatable bonds is 17. The van der Waals surface area contributed by atoms with Crippen molar-refractivity contribution in [2.45, 2.75) is 108 Å². The average Bonchev–Trinajstić information content (AvgIpc) is 2.62. The summed E-state index contributed by atoms with van der Waals surface area (Å²) in [6.07, 6.45) is 7.00. The maximum absolute atomic E-state index is 11.6. The molecule has 0 heterocycles. The van der Waals surface area contributed by atoms with Crippen LogP contribution in [0.1, 0.15) is 96.8 Å². The van der Waals surface area contributed by atoms with Crippen molar-refractivity contribution in [3.8, 4) is 0 Å². The van der Waals surface area contributed by atoms with Crippen molar-refractivity contribution in [2.24, 2.45) is 0 Å². The van der Waals surface area contributed by atoms with Gasteiger partial charge in [-0.2, -0.15) is 13.7 Å². The molecule has 0 aromatic heterocycles. The zero-order chi connectivity index (χ0) is 20.8. The SMILES string of the molecule is CCCCCCCCC(O)C(O)(CCCCCCCC(=O)OO)S(=O)(=O)O. The van der Waals surface area contributed by atoms with Crippen LogP contribution in [0.4, 0.5) is 0 Å². The van der Waals surface area contributed by atoms with E-state index in [0.29, 0.717) is 38.5 Å². The van der Waals surface area contributed by atoms with Gasteiger partial charge in [-0.15, -0.1) is 0 Å². The molecule has 0 aromatic rings. The van der Waals surface area contributed by atoms with Crippen molar-refractivity contribution >= 4 is 16.1 Å². The van der Waals surface area contributed by atoms with E-state index in [0.717, 1.165) is 32.1 Å². The highest BCUT2D eigenvalue weighted by Gasteiger charge is 2.46. The van der Waals surface area contributed by atoms with Crippen molar-refractivity contribution in [1.29, 1.82) is 0 Å². The van der Waals surface area contributed by atoms with E-state index in [2.05, 4.69) is 11.8 Å². The Kier molecular flexibility index (Phi) is 13.9. The van der Waals surface area contributed by atoms with Crippen LogP contribution in [0.3, 0.4) is 0 Å². The van der Waals surface area contributed by atoms with Gasteiger partial charge in [-0.3, -0.25) is 4.55 Å². The standard InChI is InChI=1S/C18H36O8S/c1-2-3-4-5-7-10-13-16(19)18(21,27(23,24)25)15-12-9-6-8-11-14-17(20)26-22/h16,19,21-22H,2-15H2,1H3,(H,23,24,25). The van der Waals surface area contributed by atoms with Crippen LogP contribution in [0, 0.1) is 0 Å². The van der Waals surface area contributed by atoms with E-state index < -0.39 is 27.1 Å². The summed E-state index contributed by atoms with van der Waals surface area (Å²) in [6.45, 7) is 2.11. The zero-order valence-electron chi connectivity index (χ0n) is 16.3. The molecule has 0 radical (unpaired) electrons. The molecule has 0 aliphatic rings. The van der Waals surface area contributed by atoms with Gasteiger partial charge in [-0.05, 0) is 25.7 Å². The Morgan fingerprint density at radius 3 is 2.04 bits per heavy atom. The summed E-state index contributed by atoms with van der Waals surface area (Å²) in [6, 6.07) is 0. The molecule has 0 amide bonds. The van der Waals surface area contributed by atoms with Gasteiger partial charge >= 0.3 is 5.97 Å². The van der Waals surface area contributed by atoms with Crippen LogP contribution in [0.15, 0.2) is 0 Å². The van der Waals surface area contributed by atoms with E-state index >= 15 is 0 Å². The summed E-state index contributed by atoms with van der Waals surface area (Å²) >= 11 is 0. The van der Waals surface area contributed by atoms with Gasteiger partial charge in [-0.25, -0.2) is 4.79 Å². The summed E-state index contributed by atoms with van der Waals surface area (Å²) in [4.78, 5) is 11.8. The monoisotopic (exact) mass is 412 g/mol. The second kappa shape index (κ2) is 14.3. The Labute approximate surface area is 162 Å². The average molecular weight is 413 g/mol. The third-order valence-corrected chi connectivity index (χ3v) is 6.19. The number of aliphatic hydroxyl groups is 2. The second-order valence-corrected chi connectivity index (χ2v) is 8.78. The molecule has 0 spiro atoms. The quantitative estimate of drug-likeness (QED) is 0.123. The number of aliphatic hydroxyl groups excluding tert-OH is 1. The molecule has 0 aliphatic heterocycles. The van der Waals surface area contributed by atoms with E-state index in [1.807, 2.05) is 0 Å². The lowest BCUT2D eigenvalue weighted by atomic mass is 9.99. The van der Waals surface area contributed by atoms with Gasteiger partial charge in [-0.1, -0.05) is 64.7 Å². The van der Waals surface area contributed by atoms with E-state index in [9.17, 15) is 28.0 Å². The number of hydrogen-bond acceptors (Lipinski definition) is 7. The predicted octanol–water partition coefficient (Wildman–Crippen LogP) is 3.42. The minimum absolute atomic E-state index is 0.0996. The van der Waals surface area contributed by atoms with Gasteiger partial charge in [0.25, 0.3) is 10.1 Å². The molecule has 0 saturated carbocycles. The lowest BCUT2D eigenvalue weighted by molar-refractivity contribution is -0.234. The third-order valence-electron chi connectivity index (χ3n) is 4.82. The first-order chi connectivity index (χ1) is 12.7. The highest BCUT2D eigenvalue weighted by molar-refractivity contribution is 7.87. The number of hydrogen-bond donors (Lipinski definition) is 4. The van der Waals surface area contributed by atoms with Gasteiger partial charge < -0.3 is 15.1 Å². The second-order valence-electron chi connectivity index (χ2n) is 7.12. The normalized spacial score (nSPS) is 15.3. The summed E-state index contributed by atoms with van der Waals surface area (Å²) in [5.41, 5.74) is 0. The largest absolute Gasteiger partial charge is 0.389 e. The van der Waals surface area contributed by atoms with Crippen LogP contribution in [-0.2, 0) is 19.8 Å². The Morgan fingerprint density at radius 1 is 0.963 bits per heavy atom.